The van der Waals surface area contributed by atoms with Crippen molar-refractivity contribution in [3.8, 4) is 0 Å². The molecule has 0 spiro atoms. The van der Waals surface area contributed by atoms with Gasteiger partial charge in [0.15, 0.2) is 0 Å². The summed E-state index contributed by atoms with van der Waals surface area (Å²) in [6.45, 7) is 7.34. The lowest BCUT2D eigenvalue weighted by Crippen LogP contribution is -2.46. The molecule has 15 heavy (non-hydrogen) atoms. The van der Waals surface area contributed by atoms with E-state index in [-0.39, 0.29) is 0 Å². The zero-order valence-electron chi connectivity index (χ0n) is 9.45. The molecule has 2 heterocycles. The van der Waals surface area contributed by atoms with E-state index in [1.54, 1.807) is 0 Å². The minimum atomic E-state index is 0.773. The molecule has 2 aliphatic rings. The maximum Gasteiger partial charge on any atom is 0.0168 e. The highest BCUT2D eigenvalue weighted by Gasteiger charge is 2.22. The van der Waals surface area contributed by atoms with E-state index < -0.39 is 0 Å². The molecule has 86 valence electrons. The third kappa shape index (κ3) is 3.51. The van der Waals surface area contributed by atoms with Crippen molar-refractivity contribution >= 4 is 11.8 Å². The summed E-state index contributed by atoms with van der Waals surface area (Å²) in [7, 11) is 0. The van der Waals surface area contributed by atoms with E-state index in [0.717, 1.165) is 18.6 Å². The zero-order valence-corrected chi connectivity index (χ0v) is 10.3. The lowest BCUT2D eigenvalue weighted by Gasteiger charge is -2.33. The van der Waals surface area contributed by atoms with Crippen LogP contribution in [0.15, 0.2) is 12.7 Å². The Balaban J connectivity index is 1.66. The summed E-state index contributed by atoms with van der Waals surface area (Å²) in [5, 5.41) is 3.81. The van der Waals surface area contributed by atoms with Crippen LogP contribution >= 0.6 is 11.8 Å². The van der Waals surface area contributed by atoms with Crippen molar-refractivity contribution < 1.29 is 0 Å². The van der Waals surface area contributed by atoms with Crippen LogP contribution < -0.4 is 5.32 Å². The predicted molar refractivity (Wildman–Crippen MR) is 68.5 cm³/mol. The molecule has 0 amide bonds. The minimum absolute atomic E-state index is 0.773. The molecular weight excluding hydrogens is 204 g/mol. The van der Waals surface area contributed by atoms with E-state index in [2.05, 4.69) is 28.6 Å². The number of hydrogen-bond acceptors (Lipinski definition) is 3. The summed E-state index contributed by atoms with van der Waals surface area (Å²) in [5.74, 6) is 2.68. The van der Waals surface area contributed by atoms with E-state index in [9.17, 15) is 0 Å². The van der Waals surface area contributed by atoms with Crippen molar-refractivity contribution in [3.05, 3.63) is 12.7 Å². The fraction of sp³-hybridized carbons (Fsp3) is 0.833. The molecule has 0 saturated carbocycles. The Kier molecular flexibility index (Phi) is 4.54. The van der Waals surface area contributed by atoms with Crippen LogP contribution in [-0.2, 0) is 0 Å². The summed E-state index contributed by atoms with van der Waals surface area (Å²) in [6, 6.07) is 1.57. The summed E-state index contributed by atoms with van der Waals surface area (Å²) in [6.07, 6.45) is 6.02. The molecule has 0 aromatic rings. The Morgan fingerprint density at radius 2 is 2.07 bits per heavy atom. The average Bonchev–Trinajstić information content (AvgIpc) is 2.74. The minimum Gasteiger partial charge on any atom is -0.310 e. The molecule has 0 aromatic carbocycles. The van der Waals surface area contributed by atoms with Crippen LogP contribution in [0.1, 0.15) is 19.3 Å². The standard InChI is InChI=1S/C12H22N2S/c1-2-6-14-7-3-11(4-8-14)13-12-5-9-15-10-12/h2,11-13H,1,3-10H2. The lowest BCUT2D eigenvalue weighted by molar-refractivity contribution is 0.209. The molecule has 3 heteroatoms. The van der Waals surface area contributed by atoms with Gasteiger partial charge in [-0.15, -0.1) is 6.58 Å². The fourth-order valence-electron chi connectivity index (χ4n) is 2.46. The maximum absolute atomic E-state index is 3.81. The van der Waals surface area contributed by atoms with Gasteiger partial charge in [-0.2, -0.15) is 11.8 Å². The van der Waals surface area contributed by atoms with Gasteiger partial charge in [0.25, 0.3) is 0 Å². The maximum atomic E-state index is 3.81. The summed E-state index contributed by atoms with van der Waals surface area (Å²) in [4.78, 5) is 2.49. The molecule has 0 aromatic heterocycles. The van der Waals surface area contributed by atoms with Crippen molar-refractivity contribution in [2.24, 2.45) is 0 Å². The van der Waals surface area contributed by atoms with Crippen LogP contribution in [-0.4, -0.2) is 48.1 Å². The molecule has 1 N–H and O–H groups in total. The SMILES string of the molecule is C=CCN1CCC(NC2CCSC2)CC1. The quantitative estimate of drug-likeness (QED) is 0.735. The molecule has 0 bridgehead atoms. The lowest BCUT2D eigenvalue weighted by atomic mass is 10.0. The second-order valence-corrected chi connectivity index (χ2v) is 5.74. The van der Waals surface area contributed by atoms with Crippen molar-refractivity contribution in [1.82, 2.24) is 10.2 Å². The third-order valence-electron chi connectivity index (χ3n) is 3.38. The van der Waals surface area contributed by atoms with Crippen molar-refractivity contribution in [2.75, 3.05) is 31.1 Å². The first-order valence-corrected chi connectivity index (χ1v) is 7.21. The van der Waals surface area contributed by atoms with E-state index in [1.807, 2.05) is 6.08 Å². The van der Waals surface area contributed by atoms with E-state index >= 15 is 0 Å². The molecule has 2 nitrogen and oxygen atoms in total. The van der Waals surface area contributed by atoms with Crippen molar-refractivity contribution in [1.29, 1.82) is 0 Å². The number of hydrogen-bond donors (Lipinski definition) is 1. The molecule has 0 radical (unpaired) electrons. The van der Waals surface area contributed by atoms with Crippen LogP contribution in [0.5, 0.6) is 0 Å². The van der Waals surface area contributed by atoms with E-state index in [4.69, 9.17) is 0 Å². The Morgan fingerprint density at radius 3 is 2.67 bits per heavy atom. The summed E-state index contributed by atoms with van der Waals surface area (Å²) in [5.41, 5.74) is 0. The highest BCUT2D eigenvalue weighted by atomic mass is 32.2. The first kappa shape index (κ1) is 11.5. The number of rotatable bonds is 4. The summed E-state index contributed by atoms with van der Waals surface area (Å²) < 4.78 is 0. The first-order chi connectivity index (χ1) is 7.38. The monoisotopic (exact) mass is 226 g/mol. The number of likely N-dealkylation sites (tertiary alicyclic amines) is 1. The zero-order chi connectivity index (χ0) is 10.5. The molecule has 1 atom stereocenters. The van der Waals surface area contributed by atoms with Crippen molar-refractivity contribution in [2.45, 2.75) is 31.3 Å². The van der Waals surface area contributed by atoms with Gasteiger partial charge in [-0.25, -0.2) is 0 Å². The summed E-state index contributed by atoms with van der Waals surface area (Å²) >= 11 is 2.09. The van der Waals surface area contributed by atoms with Crippen molar-refractivity contribution in [3.63, 3.8) is 0 Å². The molecular formula is C12H22N2S. The third-order valence-corrected chi connectivity index (χ3v) is 4.54. The second-order valence-electron chi connectivity index (χ2n) is 4.59. The van der Waals surface area contributed by atoms with Gasteiger partial charge in [-0.05, 0) is 38.1 Å². The highest BCUT2D eigenvalue weighted by Crippen LogP contribution is 2.19. The predicted octanol–water partition coefficient (Wildman–Crippen LogP) is 1.73. The van der Waals surface area contributed by atoms with E-state index in [1.165, 1.54) is 43.9 Å². The van der Waals surface area contributed by atoms with Gasteiger partial charge >= 0.3 is 0 Å². The molecule has 2 fully saturated rings. The topological polar surface area (TPSA) is 15.3 Å². The van der Waals surface area contributed by atoms with Gasteiger partial charge in [0.05, 0.1) is 0 Å². The van der Waals surface area contributed by atoms with Crippen LogP contribution in [0.2, 0.25) is 0 Å². The molecule has 2 aliphatic heterocycles. The molecule has 0 aliphatic carbocycles. The Labute approximate surface area is 97.5 Å². The molecule has 2 saturated heterocycles. The van der Waals surface area contributed by atoms with Crippen LogP contribution in [0.4, 0.5) is 0 Å². The Morgan fingerprint density at radius 1 is 1.27 bits per heavy atom. The molecule has 2 rings (SSSR count). The van der Waals surface area contributed by atoms with Crippen LogP contribution in [0, 0.1) is 0 Å². The second kappa shape index (κ2) is 5.92. The van der Waals surface area contributed by atoms with Gasteiger partial charge in [-0.3, -0.25) is 4.90 Å². The molecule has 1 unspecified atom stereocenters. The fourth-order valence-corrected chi connectivity index (χ4v) is 3.63. The number of nitrogens with zero attached hydrogens (tertiary/aromatic N) is 1. The largest absolute Gasteiger partial charge is 0.310 e. The number of thioether (sulfide) groups is 1. The van der Waals surface area contributed by atoms with Crippen LogP contribution in [0.3, 0.4) is 0 Å². The van der Waals surface area contributed by atoms with Crippen LogP contribution in [0.25, 0.3) is 0 Å². The van der Waals surface area contributed by atoms with Gasteiger partial charge in [0.1, 0.15) is 0 Å². The van der Waals surface area contributed by atoms with Gasteiger partial charge < -0.3 is 5.32 Å². The normalized spacial score (nSPS) is 29.5. The Hall–Kier alpha value is 0.0100. The van der Waals surface area contributed by atoms with Gasteiger partial charge in [0.2, 0.25) is 0 Å². The van der Waals surface area contributed by atoms with Gasteiger partial charge in [-0.1, -0.05) is 6.08 Å². The average molecular weight is 226 g/mol. The number of nitrogens with one attached hydrogen (secondary N) is 1. The highest BCUT2D eigenvalue weighted by molar-refractivity contribution is 7.99. The Bertz CT molecular complexity index is 194. The first-order valence-electron chi connectivity index (χ1n) is 6.05. The van der Waals surface area contributed by atoms with E-state index in [0.29, 0.717) is 0 Å². The van der Waals surface area contributed by atoms with Gasteiger partial charge in [0, 0.05) is 24.4 Å². The smallest absolute Gasteiger partial charge is 0.0168 e. The number of piperidine rings is 1.